The van der Waals surface area contributed by atoms with Gasteiger partial charge >= 0.3 is 0 Å². The van der Waals surface area contributed by atoms with E-state index in [2.05, 4.69) is 4.98 Å². The van der Waals surface area contributed by atoms with E-state index in [0.29, 0.717) is 18.8 Å². The van der Waals surface area contributed by atoms with Crippen molar-refractivity contribution in [3.05, 3.63) is 53.8 Å². The van der Waals surface area contributed by atoms with Crippen LogP contribution in [0.2, 0.25) is 0 Å². The topological polar surface area (TPSA) is 42.4 Å². The second-order valence-electron chi connectivity index (χ2n) is 5.61. The highest BCUT2D eigenvalue weighted by Gasteiger charge is 2.15. The highest BCUT2D eigenvalue weighted by atomic mass is 32.2. The molecular formula is C19H19FN2O2S2. The number of para-hydroxylation sites is 1. The number of carbonyl (C=O) groups is 1. The van der Waals surface area contributed by atoms with Crippen LogP contribution in [0.25, 0.3) is 10.2 Å². The monoisotopic (exact) mass is 390 g/mol. The number of carbonyl (C=O) groups excluding carboxylic acids is 1. The van der Waals surface area contributed by atoms with Gasteiger partial charge in [-0.25, -0.2) is 9.37 Å². The average molecular weight is 391 g/mol. The molecule has 1 amide bonds. The Hall–Kier alpha value is -2.12. The maximum atomic E-state index is 13.8. The maximum absolute atomic E-state index is 13.8. The Balaban J connectivity index is 1.62. The summed E-state index contributed by atoms with van der Waals surface area (Å²) in [4.78, 5) is 18.8. The van der Waals surface area contributed by atoms with Crippen LogP contribution in [0.3, 0.4) is 0 Å². The van der Waals surface area contributed by atoms with E-state index in [4.69, 9.17) is 4.74 Å². The van der Waals surface area contributed by atoms with Gasteiger partial charge < -0.3 is 9.64 Å². The number of rotatable bonds is 7. The van der Waals surface area contributed by atoms with Crippen molar-refractivity contribution in [1.29, 1.82) is 0 Å². The summed E-state index contributed by atoms with van der Waals surface area (Å²) in [5.74, 6) is 0.103. The van der Waals surface area contributed by atoms with E-state index in [1.54, 1.807) is 28.4 Å². The van der Waals surface area contributed by atoms with Crippen molar-refractivity contribution in [3.63, 3.8) is 0 Å². The fourth-order valence-corrected chi connectivity index (χ4v) is 4.50. The van der Waals surface area contributed by atoms with E-state index in [-0.39, 0.29) is 11.7 Å². The van der Waals surface area contributed by atoms with Crippen molar-refractivity contribution >= 4 is 39.2 Å². The van der Waals surface area contributed by atoms with Gasteiger partial charge in [-0.1, -0.05) is 30.0 Å². The number of amides is 1. The molecule has 0 unspecified atom stereocenters. The van der Waals surface area contributed by atoms with Crippen molar-refractivity contribution in [2.75, 3.05) is 19.4 Å². The lowest BCUT2D eigenvalue weighted by Gasteiger charge is -2.21. The van der Waals surface area contributed by atoms with Crippen molar-refractivity contribution in [2.45, 2.75) is 17.8 Å². The Kier molecular flexibility index (Phi) is 6.11. The van der Waals surface area contributed by atoms with E-state index >= 15 is 0 Å². The van der Waals surface area contributed by atoms with Gasteiger partial charge in [0.1, 0.15) is 0 Å². The molecule has 1 aromatic heterocycles. The standard InChI is InChI=1S/C19H19FN2O2S2/c1-3-22(11-13-8-9-16(24-2)14(20)10-13)18(23)12-25-19-21-15-6-4-5-7-17(15)26-19/h4-10H,3,11-12H2,1-2H3. The number of hydrogen-bond acceptors (Lipinski definition) is 5. The first kappa shape index (κ1) is 18.7. The van der Waals surface area contributed by atoms with Gasteiger partial charge in [-0.15, -0.1) is 11.3 Å². The molecule has 0 bridgehead atoms. The second kappa shape index (κ2) is 8.51. The van der Waals surface area contributed by atoms with Gasteiger partial charge in [0.05, 0.1) is 23.1 Å². The van der Waals surface area contributed by atoms with Gasteiger partial charge in [0.25, 0.3) is 0 Å². The lowest BCUT2D eigenvalue weighted by Crippen LogP contribution is -2.31. The van der Waals surface area contributed by atoms with Gasteiger partial charge in [0.2, 0.25) is 5.91 Å². The molecule has 4 nitrogen and oxygen atoms in total. The van der Waals surface area contributed by atoms with E-state index in [1.807, 2.05) is 31.2 Å². The van der Waals surface area contributed by atoms with E-state index in [9.17, 15) is 9.18 Å². The molecule has 0 spiro atoms. The maximum Gasteiger partial charge on any atom is 0.233 e. The van der Waals surface area contributed by atoms with Crippen LogP contribution in [0.4, 0.5) is 4.39 Å². The fourth-order valence-electron chi connectivity index (χ4n) is 2.53. The summed E-state index contributed by atoms with van der Waals surface area (Å²) < 4.78 is 20.8. The number of benzene rings is 2. The number of aromatic nitrogens is 1. The SMILES string of the molecule is CCN(Cc1ccc(OC)c(F)c1)C(=O)CSc1nc2ccccc2s1. The number of methoxy groups -OCH3 is 1. The molecule has 0 N–H and O–H groups in total. The number of thioether (sulfide) groups is 1. The number of thiazole rings is 1. The molecule has 0 radical (unpaired) electrons. The first-order valence-electron chi connectivity index (χ1n) is 8.19. The van der Waals surface area contributed by atoms with Crippen LogP contribution in [0.15, 0.2) is 46.8 Å². The molecule has 0 aliphatic carbocycles. The zero-order chi connectivity index (χ0) is 18.5. The largest absolute Gasteiger partial charge is 0.494 e. The number of ether oxygens (including phenoxy) is 1. The van der Waals surface area contributed by atoms with Crippen LogP contribution in [0, 0.1) is 5.82 Å². The molecule has 2 aromatic carbocycles. The smallest absolute Gasteiger partial charge is 0.233 e. The Morgan fingerprint density at radius 3 is 2.81 bits per heavy atom. The Morgan fingerprint density at radius 2 is 2.12 bits per heavy atom. The molecule has 0 aliphatic rings. The van der Waals surface area contributed by atoms with Gasteiger partial charge in [-0.05, 0) is 36.8 Å². The van der Waals surface area contributed by atoms with Crippen LogP contribution in [0.5, 0.6) is 5.75 Å². The summed E-state index contributed by atoms with van der Waals surface area (Å²) >= 11 is 3.03. The van der Waals surface area contributed by atoms with Gasteiger partial charge in [-0.3, -0.25) is 4.79 Å². The Bertz CT molecular complexity index is 880. The zero-order valence-corrected chi connectivity index (χ0v) is 16.2. The van der Waals surface area contributed by atoms with Crippen LogP contribution in [-0.2, 0) is 11.3 Å². The summed E-state index contributed by atoms with van der Waals surface area (Å²) in [6.07, 6.45) is 0. The van der Waals surface area contributed by atoms with Gasteiger partial charge in [-0.2, -0.15) is 0 Å². The van der Waals surface area contributed by atoms with Crippen LogP contribution >= 0.6 is 23.1 Å². The predicted molar refractivity (Wildman–Crippen MR) is 104 cm³/mol. The van der Waals surface area contributed by atoms with E-state index in [1.165, 1.54) is 24.9 Å². The average Bonchev–Trinajstić information content (AvgIpc) is 3.07. The van der Waals surface area contributed by atoms with Gasteiger partial charge in [0.15, 0.2) is 15.9 Å². The fraction of sp³-hybridized carbons (Fsp3) is 0.263. The summed E-state index contributed by atoms with van der Waals surface area (Å²) in [6, 6.07) is 12.7. The third kappa shape index (κ3) is 4.34. The van der Waals surface area contributed by atoms with Crippen molar-refractivity contribution in [1.82, 2.24) is 9.88 Å². The highest BCUT2D eigenvalue weighted by molar-refractivity contribution is 8.01. The quantitative estimate of drug-likeness (QED) is 0.554. The zero-order valence-electron chi connectivity index (χ0n) is 14.6. The van der Waals surface area contributed by atoms with Crippen LogP contribution in [-0.4, -0.2) is 35.2 Å². The van der Waals surface area contributed by atoms with E-state index < -0.39 is 5.82 Å². The molecule has 0 saturated heterocycles. The summed E-state index contributed by atoms with van der Waals surface area (Å²) in [5, 5.41) is 0. The molecule has 0 fully saturated rings. The van der Waals surface area contributed by atoms with Crippen LogP contribution < -0.4 is 4.74 Å². The van der Waals surface area contributed by atoms with E-state index in [0.717, 1.165) is 20.1 Å². The number of nitrogens with zero attached hydrogens (tertiary/aromatic N) is 2. The minimum atomic E-state index is -0.419. The Labute approximate surface area is 160 Å². The molecule has 0 aliphatic heterocycles. The molecule has 0 saturated carbocycles. The van der Waals surface area contributed by atoms with Crippen molar-refractivity contribution in [2.24, 2.45) is 0 Å². The molecule has 1 heterocycles. The summed E-state index contributed by atoms with van der Waals surface area (Å²) in [6.45, 7) is 2.85. The molecule has 26 heavy (non-hydrogen) atoms. The number of halogens is 1. The van der Waals surface area contributed by atoms with Crippen molar-refractivity contribution < 1.29 is 13.9 Å². The molecule has 7 heteroatoms. The number of fused-ring (bicyclic) bond motifs is 1. The summed E-state index contributed by atoms with van der Waals surface area (Å²) in [5.41, 5.74) is 1.69. The summed E-state index contributed by atoms with van der Waals surface area (Å²) in [7, 11) is 1.43. The molecule has 3 aromatic rings. The first-order valence-corrected chi connectivity index (χ1v) is 9.99. The van der Waals surface area contributed by atoms with Crippen LogP contribution in [0.1, 0.15) is 12.5 Å². The molecular weight excluding hydrogens is 371 g/mol. The van der Waals surface area contributed by atoms with Crippen molar-refractivity contribution in [3.8, 4) is 5.75 Å². The minimum absolute atomic E-state index is 0.00739. The molecule has 136 valence electrons. The predicted octanol–water partition coefficient (Wildman–Crippen LogP) is 4.58. The third-order valence-electron chi connectivity index (χ3n) is 3.92. The highest BCUT2D eigenvalue weighted by Crippen LogP contribution is 2.29. The Morgan fingerprint density at radius 1 is 1.31 bits per heavy atom. The number of hydrogen-bond donors (Lipinski definition) is 0. The lowest BCUT2D eigenvalue weighted by molar-refractivity contribution is -0.128. The molecule has 3 rings (SSSR count). The molecule has 0 atom stereocenters. The third-order valence-corrected chi connectivity index (χ3v) is 6.08. The normalized spacial score (nSPS) is 10.9. The van der Waals surface area contributed by atoms with Gasteiger partial charge in [0, 0.05) is 13.1 Å². The second-order valence-corrected chi connectivity index (χ2v) is 7.87. The first-order chi connectivity index (χ1) is 12.6. The minimum Gasteiger partial charge on any atom is -0.494 e. The lowest BCUT2D eigenvalue weighted by atomic mass is 10.2.